The maximum Gasteiger partial charge on any atom is 0.205 e. The van der Waals surface area contributed by atoms with E-state index < -0.39 is 0 Å². The van der Waals surface area contributed by atoms with Crippen LogP contribution in [-0.2, 0) is 11.8 Å². The quantitative estimate of drug-likeness (QED) is 0.789. The van der Waals surface area contributed by atoms with E-state index in [1.807, 2.05) is 19.4 Å². The lowest BCUT2D eigenvalue weighted by molar-refractivity contribution is 0.204. The van der Waals surface area contributed by atoms with E-state index in [9.17, 15) is 0 Å². The van der Waals surface area contributed by atoms with Gasteiger partial charge in [-0.15, -0.1) is 0 Å². The van der Waals surface area contributed by atoms with E-state index in [4.69, 9.17) is 4.74 Å². The smallest absolute Gasteiger partial charge is 0.205 e. The molecule has 2 rings (SSSR count). The van der Waals surface area contributed by atoms with Gasteiger partial charge in [0.25, 0.3) is 0 Å². The van der Waals surface area contributed by atoms with Gasteiger partial charge in [-0.1, -0.05) is 0 Å². The Morgan fingerprint density at radius 1 is 1.65 bits per heavy atom. The summed E-state index contributed by atoms with van der Waals surface area (Å²) in [6.07, 6.45) is 6.37. The first-order valence-corrected chi connectivity index (χ1v) is 6.26. The van der Waals surface area contributed by atoms with Crippen LogP contribution in [0.25, 0.3) is 0 Å². The molecule has 17 heavy (non-hydrogen) atoms. The molecule has 0 aliphatic carbocycles. The van der Waals surface area contributed by atoms with Crippen molar-refractivity contribution in [2.45, 2.75) is 18.9 Å². The molecule has 1 aliphatic rings. The Morgan fingerprint density at radius 2 is 2.53 bits per heavy atom. The molecule has 1 aromatic heterocycles. The third-order valence-corrected chi connectivity index (χ3v) is 3.25. The number of hydrogen-bond acceptors (Lipinski definition) is 4. The molecule has 1 aliphatic heterocycles. The number of nitrogens with one attached hydrogen (secondary N) is 1. The van der Waals surface area contributed by atoms with Gasteiger partial charge < -0.3 is 19.5 Å². The Hall–Kier alpha value is -1.07. The van der Waals surface area contributed by atoms with E-state index in [1.165, 1.54) is 12.8 Å². The number of nitrogens with zero attached hydrogens (tertiary/aromatic N) is 3. The van der Waals surface area contributed by atoms with Crippen LogP contribution < -0.4 is 10.2 Å². The van der Waals surface area contributed by atoms with Crippen molar-refractivity contribution in [3.8, 4) is 0 Å². The Morgan fingerprint density at radius 3 is 3.12 bits per heavy atom. The summed E-state index contributed by atoms with van der Waals surface area (Å²) in [5, 5.41) is 3.53. The van der Waals surface area contributed by atoms with E-state index in [-0.39, 0.29) is 0 Å². The van der Waals surface area contributed by atoms with Gasteiger partial charge in [-0.3, -0.25) is 0 Å². The second-order valence-corrected chi connectivity index (χ2v) is 4.57. The molecule has 0 radical (unpaired) electrons. The summed E-state index contributed by atoms with van der Waals surface area (Å²) < 4.78 is 7.24. The second-order valence-electron chi connectivity index (χ2n) is 4.57. The van der Waals surface area contributed by atoms with Crippen molar-refractivity contribution in [1.29, 1.82) is 0 Å². The zero-order chi connectivity index (χ0) is 12.1. The SMILES string of the molecule is COCCN(CC1CCCN1)c1nccn1C. The molecule has 5 heteroatoms. The number of anilines is 1. The first-order chi connectivity index (χ1) is 8.31. The van der Waals surface area contributed by atoms with Crippen LogP contribution in [0.4, 0.5) is 5.95 Å². The fraction of sp³-hybridized carbons (Fsp3) is 0.750. The van der Waals surface area contributed by atoms with Gasteiger partial charge in [0, 0.05) is 45.7 Å². The number of hydrogen-bond donors (Lipinski definition) is 1. The van der Waals surface area contributed by atoms with Crippen molar-refractivity contribution in [2.75, 3.05) is 38.3 Å². The topological polar surface area (TPSA) is 42.3 Å². The van der Waals surface area contributed by atoms with Crippen molar-refractivity contribution in [2.24, 2.45) is 7.05 Å². The van der Waals surface area contributed by atoms with E-state index in [1.54, 1.807) is 7.11 Å². The lowest BCUT2D eigenvalue weighted by atomic mass is 10.2. The van der Waals surface area contributed by atoms with Gasteiger partial charge >= 0.3 is 0 Å². The van der Waals surface area contributed by atoms with Gasteiger partial charge in [0.1, 0.15) is 0 Å². The van der Waals surface area contributed by atoms with Crippen molar-refractivity contribution in [3.63, 3.8) is 0 Å². The highest BCUT2D eigenvalue weighted by molar-refractivity contribution is 5.31. The van der Waals surface area contributed by atoms with Crippen molar-refractivity contribution < 1.29 is 4.74 Å². The maximum atomic E-state index is 5.18. The molecule has 1 N–H and O–H groups in total. The van der Waals surface area contributed by atoms with Gasteiger partial charge in [-0.2, -0.15) is 0 Å². The Labute approximate surface area is 103 Å². The average molecular weight is 238 g/mol. The Kier molecular flexibility index (Phi) is 4.39. The largest absolute Gasteiger partial charge is 0.383 e. The summed E-state index contributed by atoms with van der Waals surface area (Å²) >= 11 is 0. The molecule has 1 fully saturated rings. The van der Waals surface area contributed by atoms with Crippen LogP contribution in [0.3, 0.4) is 0 Å². The molecule has 2 heterocycles. The molecular weight excluding hydrogens is 216 g/mol. The number of aromatic nitrogens is 2. The first kappa shape index (κ1) is 12.4. The summed E-state index contributed by atoms with van der Waals surface area (Å²) in [6, 6.07) is 0.587. The monoisotopic (exact) mass is 238 g/mol. The van der Waals surface area contributed by atoms with Crippen molar-refractivity contribution >= 4 is 5.95 Å². The van der Waals surface area contributed by atoms with E-state index in [2.05, 4.69) is 19.8 Å². The van der Waals surface area contributed by atoms with Gasteiger partial charge in [-0.05, 0) is 19.4 Å². The summed E-state index contributed by atoms with van der Waals surface area (Å²) in [4.78, 5) is 6.71. The van der Waals surface area contributed by atoms with Crippen LogP contribution in [0.15, 0.2) is 12.4 Å². The molecule has 0 aromatic carbocycles. The molecule has 0 bridgehead atoms. The summed E-state index contributed by atoms with van der Waals surface area (Å²) in [7, 11) is 3.77. The molecule has 0 spiro atoms. The van der Waals surface area contributed by atoms with E-state index in [0.29, 0.717) is 6.04 Å². The standard InChI is InChI=1S/C12H22N4O/c1-15-7-6-14-12(15)16(8-9-17-2)10-11-4-3-5-13-11/h6-7,11,13H,3-5,8-10H2,1-2H3. The highest BCUT2D eigenvalue weighted by Gasteiger charge is 2.19. The third-order valence-electron chi connectivity index (χ3n) is 3.25. The lowest BCUT2D eigenvalue weighted by Gasteiger charge is -2.26. The summed E-state index contributed by atoms with van der Waals surface area (Å²) in [5.41, 5.74) is 0. The predicted molar refractivity (Wildman–Crippen MR) is 68.3 cm³/mol. The number of methoxy groups -OCH3 is 1. The zero-order valence-corrected chi connectivity index (χ0v) is 10.7. The fourth-order valence-electron chi connectivity index (χ4n) is 2.32. The molecule has 96 valence electrons. The number of aryl methyl sites for hydroxylation is 1. The fourth-order valence-corrected chi connectivity index (χ4v) is 2.32. The second kappa shape index (κ2) is 6.02. The Balaban J connectivity index is 1.99. The van der Waals surface area contributed by atoms with Crippen molar-refractivity contribution in [1.82, 2.24) is 14.9 Å². The third kappa shape index (κ3) is 3.20. The molecule has 0 saturated carbocycles. The van der Waals surface area contributed by atoms with Crippen LogP contribution in [0, 0.1) is 0 Å². The van der Waals surface area contributed by atoms with Crippen LogP contribution in [-0.4, -0.2) is 48.9 Å². The van der Waals surface area contributed by atoms with Gasteiger partial charge in [0.15, 0.2) is 0 Å². The highest BCUT2D eigenvalue weighted by atomic mass is 16.5. The highest BCUT2D eigenvalue weighted by Crippen LogP contribution is 2.13. The minimum absolute atomic E-state index is 0.587. The number of ether oxygens (including phenoxy) is 1. The molecule has 1 aromatic rings. The zero-order valence-electron chi connectivity index (χ0n) is 10.7. The molecule has 1 saturated heterocycles. The van der Waals surface area contributed by atoms with Crippen molar-refractivity contribution in [3.05, 3.63) is 12.4 Å². The van der Waals surface area contributed by atoms with Gasteiger partial charge in [0.2, 0.25) is 5.95 Å². The average Bonchev–Trinajstić information content (AvgIpc) is 2.95. The predicted octanol–water partition coefficient (Wildman–Crippen LogP) is 0.625. The maximum absolute atomic E-state index is 5.18. The molecular formula is C12H22N4O. The number of imidazole rings is 1. The van der Waals surface area contributed by atoms with Crippen LogP contribution in [0.2, 0.25) is 0 Å². The number of rotatable bonds is 6. The summed E-state index contributed by atoms with van der Waals surface area (Å²) in [5.74, 6) is 1.02. The minimum Gasteiger partial charge on any atom is -0.383 e. The van der Waals surface area contributed by atoms with Gasteiger partial charge in [-0.25, -0.2) is 4.98 Å². The minimum atomic E-state index is 0.587. The first-order valence-electron chi connectivity index (χ1n) is 6.26. The Bertz CT molecular complexity index is 333. The molecule has 1 unspecified atom stereocenters. The summed E-state index contributed by atoms with van der Waals surface area (Å²) in [6.45, 7) is 3.77. The van der Waals surface area contributed by atoms with Gasteiger partial charge in [0.05, 0.1) is 6.61 Å². The lowest BCUT2D eigenvalue weighted by Crippen LogP contribution is -2.40. The van der Waals surface area contributed by atoms with Crippen LogP contribution >= 0.6 is 0 Å². The molecule has 1 atom stereocenters. The normalized spacial score (nSPS) is 19.8. The van der Waals surface area contributed by atoms with E-state index >= 15 is 0 Å². The van der Waals surface area contributed by atoms with E-state index in [0.717, 1.165) is 32.2 Å². The van der Waals surface area contributed by atoms with Crippen LogP contribution in [0.5, 0.6) is 0 Å². The molecule has 5 nitrogen and oxygen atoms in total. The van der Waals surface area contributed by atoms with Crippen LogP contribution in [0.1, 0.15) is 12.8 Å². The molecule has 0 amide bonds.